The van der Waals surface area contributed by atoms with E-state index in [2.05, 4.69) is 21.7 Å². The van der Waals surface area contributed by atoms with Crippen LogP contribution in [0.25, 0.3) is 10.9 Å². The standard InChI is InChI=1S/C30H32ClFN2O4/c1-38-24-8-9-28-26(18-24)25(12-14-33-28)29(35)10-5-20-13-16-34(19-22(20)6-11-30(36)37)15-2-3-21-4-7-23(32)17-27(21)31/h4,7-9,12,14,17-18,20,22,29,35H,5-6,10-11,13,15-16,19H2,1H3,(H,36,37)/t20?,22?,29-/m0/s1. The zero-order chi connectivity index (χ0) is 27.1. The van der Waals surface area contributed by atoms with Gasteiger partial charge in [0.1, 0.15) is 11.6 Å². The van der Waals surface area contributed by atoms with Gasteiger partial charge in [0.05, 0.1) is 30.3 Å². The fourth-order valence-electron chi connectivity index (χ4n) is 5.24. The number of ether oxygens (including phenoxy) is 1. The van der Waals surface area contributed by atoms with Crippen molar-refractivity contribution in [1.29, 1.82) is 0 Å². The number of carbonyl (C=O) groups is 1. The Balaban J connectivity index is 1.40. The van der Waals surface area contributed by atoms with E-state index in [0.717, 1.165) is 42.4 Å². The fourth-order valence-corrected chi connectivity index (χ4v) is 5.46. The van der Waals surface area contributed by atoms with Crippen LogP contribution in [0.2, 0.25) is 5.02 Å². The Hall–Kier alpha value is -3.18. The van der Waals surface area contributed by atoms with Crippen LogP contribution in [0.1, 0.15) is 49.3 Å². The number of fused-ring (bicyclic) bond motifs is 1. The number of benzene rings is 2. The van der Waals surface area contributed by atoms with Crippen molar-refractivity contribution in [2.24, 2.45) is 11.8 Å². The van der Waals surface area contributed by atoms with Crippen LogP contribution < -0.4 is 4.74 Å². The van der Waals surface area contributed by atoms with E-state index in [1.165, 1.54) is 12.1 Å². The number of hydrogen-bond acceptors (Lipinski definition) is 5. The normalized spacial score (nSPS) is 18.5. The number of nitrogens with zero attached hydrogens (tertiary/aromatic N) is 2. The van der Waals surface area contributed by atoms with Crippen molar-refractivity contribution in [2.75, 3.05) is 26.7 Å². The molecule has 0 aliphatic carbocycles. The monoisotopic (exact) mass is 538 g/mol. The van der Waals surface area contributed by atoms with Gasteiger partial charge in [-0.1, -0.05) is 23.4 Å². The lowest BCUT2D eigenvalue weighted by Gasteiger charge is -2.38. The first-order valence-electron chi connectivity index (χ1n) is 12.8. The largest absolute Gasteiger partial charge is 0.497 e. The highest BCUT2D eigenvalue weighted by molar-refractivity contribution is 6.31. The molecule has 2 heterocycles. The number of halogens is 2. The third-order valence-electron chi connectivity index (χ3n) is 7.31. The first-order chi connectivity index (χ1) is 18.3. The van der Waals surface area contributed by atoms with E-state index in [1.54, 1.807) is 19.4 Å². The number of rotatable bonds is 9. The maximum Gasteiger partial charge on any atom is 0.303 e. The number of methoxy groups -OCH3 is 1. The summed E-state index contributed by atoms with van der Waals surface area (Å²) in [4.78, 5) is 17.9. The summed E-state index contributed by atoms with van der Waals surface area (Å²) >= 11 is 6.07. The minimum Gasteiger partial charge on any atom is -0.497 e. The van der Waals surface area contributed by atoms with E-state index < -0.39 is 17.9 Å². The van der Waals surface area contributed by atoms with Crippen molar-refractivity contribution in [1.82, 2.24) is 9.88 Å². The molecule has 200 valence electrons. The SMILES string of the molecule is COc1ccc2nccc([C@@H](O)CCC3CCN(CC#Cc4ccc(F)cc4Cl)CC3CCC(=O)O)c2c1. The van der Waals surface area contributed by atoms with Crippen LogP contribution in [0, 0.1) is 29.5 Å². The molecule has 2 unspecified atom stereocenters. The van der Waals surface area contributed by atoms with Crippen molar-refractivity contribution in [3.8, 4) is 17.6 Å². The van der Waals surface area contributed by atoms with Gasteiger partial charge in [-0.2, -0.15) is 0 Å². The second-order valence-corrected chi connectivity index (χ2v) is 10.2. The van der Waals surface area contributed by atoms with E-state index in [0.29, 0.717) is 36.6 Å². The third-order valence-corrected chi connectivity index (χ3v) is 7.63. The minimum absolute atomic E-state index is 0.114. The molecule has 0 radical (unpaired) electrons. The second-order valence-electron chi connectivity index (χ2n) is 9.78. The maximum atomic E-state index is 13.3. The fraction of sp³-hybridized carbons (Fsp3) is 0.400. The van der Waals surface area contributed by atoms with E-state index in [-0.39, 0.29) is 17.4 Å². The van der Waals surface area contributed by atoms with Gasteiger partial charge < -0.3 is 14.9 Å². The van der Waals surface area contributed by atoms with Crippen molar-refractivity contribution in [2.45, 2.75) is 38.2 Å². The molecule has 2 N–H and O–H groups in total. The summed E-state index contributed by atoms with van der Waals surface area (Å²) in [5, 5.41) is 21.6. The van der Waals surface area contributed by atoms with Crippen LogP contribution in [0.3, 0.4) is 0 Å². The number of piperidine rings is 1. The van der Waals surface area contributed by atoms with Crippen LogP contribution in [0.4, 0.5) is 4.39 Å². The summed E-state index contributed by atoms with van der Waals surface area (Å²) in [6.07, 6.45) is 4.03. The molecule has 6 nitrogen and oxygen atoms in total. The summed E-state index contributed by atoms with van der Waals surface area (Å²) in [6, 6.07) is 11.6. The number of aliphatic hydroxyl groups excluding tert-OH is 1. The Morgan fingerprint density at radius 2 is 2.08 bits per heavy atom. The van der Waals surface area contributed by atoms with Gasteiger partial charge >= 0.3 is 5.97 Å². The highest BCUT2D eigenvalue weighted by Gasteiger charge is 2.30. The molecule has 3 aromatic rings. The molecule has 1 fully saturated rings. The molecule has 4 rings (SSSR count). The first kappa shape index (κ1) is 27.8. The van der Waals surface area contributed by atoms with Crippen molar-refractivity contribution >= 4 is 28.5 Å². The number of carboxylic acids is 1. The third kappa shape index (κ3) is 7.22. The molecule has 0 spiro atoms. The number of hydrogen-bond donors (Lipinski definition) is 2. The lowest BCUT2D eigenvalue weighted by molar-refractivity contribution is -0.137. The van der Waals surface area contributed by atoms with Crippen molar-refractivity contribution in [3.63, 3.8) is 0 Å². The van der Waals surface area contributed by atoms with Crippen LogP contribution in [0.5, 0.6) is 5.75 Å². The second kappa shape index (κ2) is 13.1. The number of aliphatic hydroxyl groups is 1. The molecule has 1 aliphatic rings. The number of likely N-dealkylation sites (tertiary alicyclic amines) is 1. The molecule has 8 heteroatoms. The lowest BCUT2D eigenvalue weighted by atomic mass is 9.79. The first-order valence-corrected chi connectivity index (χ1v) is 13.2. The van der Waals surface area contributed by atoms with Crippen LogP contribution in [-0.4, -0.2) is 52.8 Å². The summed E-state index contributed by atoms with van der Waals surface area (Å²) in [7, 11) is 1.61. The molecule has 0 bridgehead atoms. The van der Waals surface area contributed by atoms with Gasteiger partial charge in [-0.05, 0) is 92.1 Å². The van der Waals surface area contributed by atoms with Gasteiger partial charge in [0.2, 0.25) is 0 Å². The molecule has 1 saturated heterocycles. The van der Waals surface area contributed by atoms with Gasteiger partial charge in [0, 0.05) is 30.1 Å². The van der Waals surface area contributed by atoms with Crippen molar-refractivity contribution < 1.29 is 24.1 Å². The van der Waals surface area contributed by atoms with E-state index >= 15 is 0 Å². The average Bonchev–Trinajstić information content (AvgIpc) is 2.91. The van der Waals surface area contributed by atoms with Gasteiger partial charge in [0.15, 0.2) is 0 Å². The summed E-state index contributed by atoms with van der Waals surface area (Å²) in [5.74, 6) is 6.15. The summed E-state index contributed by atoms with van der Waals surface area (Å²) in [6.45, 7) is 2.11. The van der Waals surface area contributed by atoms with Crippen LogP contribution >= 0.6 is 11.6 Å². The molecular weight excluding hydrogens is 507 g/mol. The molecule has 1 aromatic heterocycles. The number of aromatic nitrogens is 1. The van der Waals surface area contributed by atoms with Gasteiger partial charge in [-0.25, -0.2) is 4.39 Å². The maximum absolute atomic E-state index is 13.3. The number of pyridine rings is 1. The van der Waals surface area contributed by atoms with E-state index in [1.807, 2.05) is 24.3 Å². The zero-order valence-corrected chi connectivity index (χ0v) is 22.1. The van der Waals surface area contributed by atoms with Gasteiger partial charge in [-0.3, -0.25) is 14.7 Å². The summed E-state index contributed by atoms with van der Waals surface area (Å²) in [5.41, 5.74) is 2.21. The zero-order valence-electron chi connectivity index (χ0n) is 21.4. The quantitative estimate of drug-likeness (QED) is 0.340. The average molecular weight is 539 g/mol. The molecule has 3 atom stereocenters. The van der Waals surface area contributed by atoms with E-state index in [9.17, 15) is 19.4 Å². The van der Waals surface area contributed by atoms with E-state index in [4.69, 9.17) is 16.3 Å². The molecule has 38 heavy (non-hydrogen) atoms. The topological polar surface area (TPSA) is 82.9 Å². The highest BCUT2D eigenvalue weighted by Crippen LogP contribution is 2.35. The smallest absolute Gasteiger partial charge is 0.303 e. The van der Waals surface area contributed by atoms with Crippen molar-refractivity contribution in [3.05, 3.63) is 70.6 Å². The van der Waals surface area contributed by atoms with Gasteiger partial charge in [-0.15, -0.1) is 0 Å². The molecule has 2 aromatic carbocycles. The predicted molar refractivity (Wildman–Crippen MR) is 146 cm³/mol. The Morgan fingerprint density at radius 3 is 2.84 bits per heavy atom. The number of carboxylic acid groups (broad SMARTS) is 1. The Morgan fingerprint density at radius 1 is 1.24 bits per heavy atom. The number of aliphatic carboxylic acids is 1. The van der Waals surface area contributed by atoms with Crippen LogP contribution in [0.15, 0.2) is 48.7 Å². The highest BCUT2D eigenvalue weighted by atomic mass is 35.5. The van der Waals surface area contributed by atoms with Crippen LogP contribution in [-0.2, 0) is 4.79 Å². The molecule has 1 aliphatic heterocycles. The Labute approximate surface area is 227 Å². The molecular formula is C30H32ClFN2O4. The molecule has 0 amide bonds. The Kier molecular flexibility index (Phi) is 9.57. The predicted octanol–water partition coefficient (Wildman–Crippen LogP) is 5.70. The lowest BCUT2D eigenvalue weighted by Crippen LogP contribution is -2.41. The van der Waals surface area contributed by atoms with Gasteiger partial charge in [0.25, 0.3) is 0 Å². The minimum atomic E-state index is -0.802. The summed E-state index contributed by atoms with van der Waals surface area (Å²) < 4.78 is 18.6. The molecule has 0 saturated carbocycles. The Bertz CT molecular complexity index is 1340.